The maximum absolute atomic E-state index is 10.8. The largest absolute Gasteiger partial charge is 0.367 e. The first kappa shape index (κ1) is 15.4. The van der Waals surface area contributed by atoms with Gasteiger partial charge in [-0.15, -0.1) is 0 Å². The van der Waals surface area contributed by atoms with Gasteiger partial charge in [-0.25, -0.2) is 4.98 Å². The Morgan fingerprint density at radius 1 is 1.57 bits per heavy atom. The van der Waals surface area contributed by atoms with E-state index in [1.165, 1.54) is 11.8 Å². The Bertz CT molecular complexity index is 536. The number of nitrogens with zero attached hydrogens (tertiary/aromatic N) is 3. The third-order valence-electron chi connectivity index (χ3n) is 3.71. The van der Waals surface area contributed by atoms with E-state index in [1.807, 2.05) is 6.92 Å². The van der Waals surface area contributed by atoms with E-state index in [0.29, 0.717) is 11.6 Å². The Morgan fingerprint density at radius 3 is 2.76 bits per heavy atom. The molecule has 1 fully saturated rings. The van der Waals surface area contributed by atoms with Gasteiger partial charge in [0.25, 0.3) is 5.69 Å². The van der Waals surface area contributed by atoms with Gasteiger partial charge in [-0.05, 0) is 32.8 Å². The first-order valence-electron chi connectivity index (χ1n) is 7.20. The van der Waals surface area contributed by atoms with Crippen molar-refractivity contribution in [3.8, 4) is 0 Å². The van der Waals surface area contributed by atoms with Crippen molar-refractivity contribution in [3.05, 3.63) is 40.1 Å². The van der Waals surface area contributed by atoms with Crippen LogP contribution in [-0.4, -0.2) is 40.5 Å². The zero-order valence-corrected chi connectivity index (χ0v) is 12.6. The van der Waals surface area contributed by atoms with Crippen molar-refractivity contribution in [2.24, 2.45) is 0 Å². The van der Waals surface area contributed by atoms with Crippen molar-refractivity contribution in [1.82, 2.24) is 9.88 Å². The molecule has 0 aromatic carbocycles. The Morgan fingerprint density at radius 2 is 2.24 bits per heavy atom. The van der Waals surface area contributed by atoms with E-state index in [4.69, 9.17) is 0 Å². The van der Waals surface area contributed by atoms with Gasteiger partial charge in [0.1, 0.15) is 12.0 Å². The molecule has 6 nitrogen and oxygen atoms in total. The molecule has 1 saturated heterocycles. The quantitative estimate of drug-likeness (QED) is 0.513. The summed E-state index contributed by atoms with van der Waals surface area (Å²) in [7, 11) is 0. The summed E-state index contributed by atoms with van der Waals surface area (Å²) < 4.78 is 0. The Balaban J connectivity index is 1.90. The number of hydrogen-bond donors (Lipinski definition) is 1. The van der Waals surface area contributed by atoms with Gasteiger partial charge in [0.05, 0.1) is 4.92 Å². The highest BCUT2D eigenvalue weighted by Crippen LogP contribution is 2.21. The highest BCUT2D eigenvalue weighted by molar-refractivity contribution is 5.47. The molecule has 114 valence electrons. The summed E-state index contributed by atoms with van der Waals surface area (Å²) in [4.78, 5) is 16.9. The second-order valence-electron chi connectivity index (χ2n) is 5.77. The zero-order chi connectivity index (χ0) is 15.4. The SMILES string of the molecule is C=C(C)CN1CCC(Nc2cc(C)c([N+](=O)[O-])cn2)CC1. The smallest absolute Gasteiger partial charge is 0.290 e. The highest BCUT2D eigenvalue weighted by Gasteiger charge is 2.20. The molecule has 21 heavy (non-hydrogen) atoms. The van der Waals surface area contributed by atoms with Crippen molar-refractivity contribution in [2.75, 3.05) is 25.0 Å². The van der Waals surface area contributed by atoms with Gasteiger partial charge >= 0.3 is 0 Å². The molecular weight excluding hydrogens is 268 g/mol. The van der Waals surface area contributed by atoms with Crippen LogP contribution < -0.4 is 5.32 Å². The lowest BCUT2D eigenvalue weighted by atomic mass is 10.0. The molecule has 6 heteroatoms. The molecule has 1 N–H and O–H groups in total. The number of anilines is 1. The fourth-order valence-corrected chi connectivity index (χ4v) is 2.65. The molecule has 2 heterocycles. The van der Waals surface area contributed by atoms with Crippen LogP contribution in [0.15, 0.2) is 24.4 Å². The summed E-state index contributed by atoms with van der Waals surface area (Å²) in [5.74, 6) is 0.719. The normalized spacial score (nSPS) is 16.7. The number of hydrogen-bond acceptors (Lipinski definition) is 5. The van der Waals surface area contributed by atoms with Gasteiger partial charge in [0.15, 0.2) is 0 Å². The van der Waals surface area contributed by atoms with E-state index in [-0.39, 0.29) is 5.69 Å². The molecule has 1 aromatic heterocycles. The van der Waals surface area contributed by atoms with Crippen LogP contribution in [0.4, 0.5) is 11.5 Å². The zero-order valence-electron chi connectivity index (χ0n) is 12.6. The predicted octanol–water partition coefficient (Wildman–Crippen LogP) is 2.75. The summed E-state index contributed by atoms with van der Waals surface area (Å²) in [6, 6.07) is 2.12. The minimum Gasteiger partial charge on any atom is -0.367 e. The van der Waals surface area contributed by atoms with E-state index in [0.717, 1.165) is 38.3 Å². The number of piperidine rings is 1. The molecule has 0 spiro atoms. The average molecular weight is 290 g/mol. The minimum absolute atomic E-state index is 0.0665. The van der Waals surface area contributed by atoms with Crippen molar-refractivity contribution in [3.63, 3.8) is 0 Å². The van der Waals surface area contributed by atoms with Crippen molar-refractivity contribution in [2.45, 2.75) is 32.7 Å². The van der Waals surface area contributed by atoms with Crippen molar-refractivity contribution >= 4 is 11.5 Å². The number of nitro groups is 1. The van der Waals surface area contributed by atoms with Crippen molar-refractivity contribution < 1.29 is 4.92 Å². The van der Waals surface area contributed by atoms with Crippen LogP contribution in [0, 0.1) is 17.0 Å². The monoisotopic (exact) mass is 290 g/mol. The molecule has 1 aliphatic heterocycles. The van der Waals surface area contributed by atoms with Crippen LogP contribution in [0.25, 0.3) is 0 Å². The van der Waals surface area contributed by atoms with E-state index in [9.17, 15) is 10.1 Å². The predicted molar refractivity (Wildman–Crippen MR) is 83.5 cm³/mol. The fourth-order valence-electron chi connectivity index (χ4n) is 2.65. The van der Waals surface area contributed by atoms with E-state index in [2.05, 4.69) is 21.8 Å². The summed E-state index contributed by atoms with van der Waals surface area (Å²) >= 11 is 0. The topological polar surface area (TPSA) is 71.3 Å². The maximum Gasteiger partial charge on any atom is 0.290 e. The second-order valence-corrected chi connectivity index (χ2v) is 5.77. The van der Waals surface area contributed by atoms with Gasteiger partial charge in [-0.1, -0.05) is 12.2 Å². The van der Waals surface area contributed by atoms with E-state index in [1.54, 1.807) is 13.0 Å². The third-order valence-corrected chi connectivity index (χ3v) is 3.71. The summed E-state index contributed by atoms with van der Waals surface area (Å²) in [5.41, 5.74) is 1.89. The molecule has 0 saturated carbocycles. The van der Waals surface area contributed by atoms with Gasteiger partial charge in [-0.2, -0.15) is 0 Å². The molecule has 2 rings (SSSR count). The lowest BCUT2D eigenvalue weighted by molar-refractivity contribution is -0.385. The first-order chi connectivity index (χ1) is 9.95. The number of nitrogens with one attached hydrogen (secondary N) is 1. The molecule has 0 aliphatic carbocycles. The molecule has 1 aromatic rings. The molecule has 1 aliphatic rings. The number of pyridine rings is 1. The van der Waals surface area contributed by atoms with Crippen LogP contribution in [0.2, 0.25) is 0 Å². The fraction of sp³-hybridized carbons (Fsp3) is 0.533. The lowest BCUT2D eigenvalue weighted by Gasteiger charge is -2.32. The standard InChI is InChI=1S/C15H22N4O2/c1-11(2)10-18-6-4-13(5-7-18)17-15-8-12(3)14(9-16-15)19(20)21/h8-9,13H,1,4-7,10H2,2-3H3,(H,16,17). The molecule has 0 radical (unpaired) electrons. The molecule has 0 unspecified atom stereocenters. The van der Waals surface area contributed by atoms with Gasteiger partial charge in [-0.3, -0.25) is 15.0 Å². The highest BCUT2D eigenvalue weighted by atomic mass is 16.6. The first-order valence-corrected chi connectivity index (χ1v) is 7.20. The minimum atomic E-state index is -0.401. The van der Waals surface area contributed by atoms with E-state index < -0.39 is 4.92 Å². The van der Waals surface area contributed by atoms with Gasteiger partial charge in [0.2, 0.25) is 0 Å². The molecule has 0 bridgehead atoms. The van der Waals surface area contributed by atoms with Gasteiger partial charge in [0, 0.05) is 31.2 Å². The van der Waals surface area contributed by atoms with Crippen LogP contribution in [0.3, 0.4) is 0 Å². The van der Waals surface area contributed by atoms with Crippen LogP contribution in [0.1, 0.15) is 25.3 Å². The van der Waals surface area contributed by atoms with Crippen LogP contribution in [0.5, 0.6) is 0 Å². The number of likely N-dealkylation sites (tertiary alicyclic amines) is 1. The lowest BCUT2D eigenvalue weighted by Crippen LogP contribution is -2.39. The summed E-state index contributed by atoms with van der Waals surface area (Å²) in [5, 5.41) is 14.2. The Kier molecular flexibility index (Phi) is 4.90. The summed E-state index contributed by atoms with van der Waals surface area (Å²) in [6.07, 6.45) is 3.42. The van der Waals surface area contributed by atoms with Crippen molar-refractivity contribution in [1.29, 1.82) is 0 Å². The maximum atomic E-state index is 10.8. The third kappa shape index (κ3) is 4.26. The van der Waals surface area contributed by atoms with Gasteiger partial charge < -0.3 is 5.32 Å². The molecular formula is C15H22N4O2. The number of aryl methyl sites for hydroxylation is 1. The number of rotatable bonds is 5. The Hall–Kier alpha value is -1.95. The van der Waals surface area contributed by atoms with Crippen LogP contribution >= 0.6 is 0 Å². The van der Waals surface area contributed by atoms with E-state index >= 15 is 0 Å². The second kappa shape index (κ2) is 6.67. The molecule has 0 atom stereocenters. The number of aromatic nitrogens is 1. The van der Waals surface area contributed by atoms with Crippen LogP contribution in [-0.2, 0) is 0 Å². The average Bonchev–Trinajstić information content (AvgIpc) is 2.40. The Labute approximate surface area is 125 Å². The molecule has 0 amide bonds. The summed E-state index contributed by atoms with van der Waals surface area (Å²) in [6.45, 7) is 10.8.